The monoisotopic (exact) mass is 491 g/mol. The molecule has 0 N–H and O–H groups in total. The molecule has 0 fully saturated rings. The number of hydrogen-bond donors (Lipinski definition) is 0. The zero-order chi connectivity index (χ0) is 19.8. The van der Waals surface area contributed by atoms with Gasteiger partial charge in [0.15, 0.2) is 5.76 Å². The summed E-state index contributed by atoms with van der Waals surface area (Å²) in [6.45, 7) is 0. The molecule has 0 unspecified atom stereocenters. The molecule has 5 nitrogen and oxygen atoms in total. The quantitative estimate of drug-likeness (QED) is 0.254. The van der Waals surface area contributed by atoms with Crippen LogP contribution in [0.2, 0.25) is 0 Å². The molecule has 3 aromatic carbocycles. The molecule has 0 saturated heterocycles. The molecule has 0 bridgehead atoms. The molecule has 0 amide bonds. The summed E-state index contributed by atoms with van der Waals surface area (Å²) in [5, 5.41) is 5.91. The third-order valence-electron chi connectivity index (χ3n) is 4.59. The maximum atomic E-state index is 13.2. The molecule has 0 radical (unpaired) electrons. The average molecular weight is 491 g/mol. The first-order valence-electron chi connectivity index (χ1n) is 9.00. The minimum absolute atomic E-state index is 0.243. The molecule has 5 aromatic rings. The highest BCUT2D eigenvalue weighted by molar-refractivity contribution is 14.1. The van der Waals surface area contributed by atoms with E-state index in [0.717, 1.165) is 20.1 Å². The number of aromatic nitrogens is 2. The number of rotatable bonds is 3. The Labute approximate surface area is 179 Å². The van der Waals surface area contributed by atoms with Crippen LogP contribution in [-0.2, 0) is 0 Å². The number of nitrogens with zero attached hydrogens (tertiary/aromatic N) is 3. The Morgan fingerprint density at radius 2 is 1.72 bits per heavy atom. The van der Waals surface area contributed by atoms with Crippen molar-refractivity contribution in [2.45, 2.75) is 0 Å². The van der Waals surface area contributed by atoms with Crippen LogP contribution in [0.25, 0.3) is 33.5 Å². The molecule has 140 valence electrons. The van der Waals surface area contributed by atoms with Crippen LogP contribution in [0.5, 0.6) is 0 Å². The molecule has 2 heterocycles. The SMILES string of the molecule is O=c1c2ccccc2nc(-c2cc3ccccc3o2)n1N=Cc1ccc(I)cc1. The molecule has 0 aliphatic heterocycles. The van der Waals surface area contributed by atoms with Gasteiger partial charge in [-0.2, -0.15) is 9.78 Å². The van der Waals surface area contributed by atoms with Crippen molar-refractivity contribution < 1.29 is 4.42 Å². The number of hydrogen-bond acceptors (Lipinski definition) is 4. The van der Waals surface area contributed by atoms with Crippen LogP contribution in [0.4, 0.5) is 0 Å². The van der Waals surface area contributed by atoms with Crippen molar-refractivity contribution >= 4 is 50.7 Å². The molecule has 6 heteroatoms. The molecule has 0 aliphatic rings. The van der Waals surface area contributed by atoms with Crippen molar-refractivity contribution in [2.24, 2.45) is 5.10 Å². The third kappa shape index (κ3) is 3.36. The van der Waals surface area contributed by atoms with E-state index in [2.05, 4.69) is 32.7 Å². The fourth-order valence-corrected chi connectivity index (χ4v) is 3.52. The van der Waals surface area contributed by atoms with Crippen LogP contribution in [0.3, 0.4) is 0 Å². The van der Waals surface area contributed by atoms with Crippen LogP contribution in [-0.4, -0.2) is 15.9 Å². The van der Waals surface area contributed by atoms with E-state index in [-0.39, 0.29) is 5.56 Å². The Morgan fingerprint density at radius 3 is 2.55 bits per heavy atom. The van der Waals surface area contributed by atoms with Crippen molar-refractivity contribution in [3.63, 3.8) is 0 Å². The lowest BCUT2D eigenvalue weighted by atomic mass is 10.2. The highest BCUT2D eigenvalue weighted by Crippen LogP contribution is 2.27. The summed E-state index contributed by atoms with van der Waals surface area (Å²) < 4.78 is 8.40. The van der Waals surface area contributed by atoms with E-state index in [4.69, 9.17) is 4.42 Å². The second kappa shape index (κ2) is 7.29. The van der Waals surface area contributed by atoms with E-state index in [9.17, 15) is 4.79 Å². The lowest BCUT2D eigenvalue weighted by Gasteiger charge is -2.07. The van der Waals surface area contributed by atoms with Gasteiger partial charge in [-0.3, -0.25) is 4.79 Å². The minimum Gasteiger partial charge on any atom is -0.453 e. The van der Waals surface area contributed by atoms with Gasteiger partial charge in [0.25, 0.3) is 5.56 Å². The highest BCUT2D eigenvalue weighted by atomic mass is 127. The first-order chi connectivity index (χ1) is 14.2. The van der Waals surface area contributed by atoms with Gasteiger partial charge < -0.3 is 4.42 Å². The zero-order valence-electron chi connectivity index (χ0n) is 15.1. The zero-order valence-corrected chi connectivity index (χ0v) is 17.3. The van der Waals surface area contributed by atoms with Gasteiger partial charge in [-0.05, 0) is 64.6 Å². The molecule has 0 spiro atoms. The van der Waals surface area contributed by atoms with E-state index in [1.54, 1.807) is 12.3 Å². The molecule has 5 rings (SSSR count). The number of para-hydroxylation sites is 2. The standard InChI is InChI=1S/C23H14IN3O2/c24-17-11-9-15(10-12-17)14-25-27-22(21-13-16-5-1-4-8-20(16)29-21)26-19-7-3-2-6-18(19)23(27)28/h1-14H. The number of fused-ring (bicyclic) bond motifs is 2. The van der Waals surface area contributed by atoms with Gasteiger partial charge in [0.2, 0.25) is 5.82 Å². The van der Waals surface area contributed by atoms with Gasteiger partial charge in [-0.25, -0.2) is 4.98 Å². The highest BCUT2D eigenvalue weighted by Gasteiger charge is 2.16. The normalized spacial score (nSPS) is 11.6. The molecule has 2 aromatic heterocycles. The van der Waals surface area contributed by atoms with Crippen LogP contribution in [0, 0.1) is 3.57 Å². The van der Waals surface area contributed by atoms with Crippen molar-refractivity contribution in [2.75, 3.05) is 0 Å². The Morgan fingerprint density at radius 1 is 0.966 bits per heavy atom. The maximum absolute atomic E-state index is 13.2. The topological polar surface area (TPSA) is 60.4 Å². The number of benzene rings is 3. The summed E-state index contributed by atoms with van der Waals surface area (Å²) in [6, 6.07) is 24.7. The van der Waals surface area contributed by atoms with Gasteiger partial charge in [-0.1, -0.05) is 42.5 Å². The average Bonchev–Trinajstić information content (AvgIpc) is 3.18. The predicted octanol–water partition coefficient (Wildman–Crippen LogP) is 5.30. The van der Waals surface area contributed by atoms with E-state index >= 15 is 0 Å². The molecule has 29 heavy (non-hydrogen) atoms. The molecular weight excluding hydrogens is 477 g/mol. The van der Waals surface area contributed by atoms with Crippen molar-refractivity contribution in [1.82, 2.24) is 9.66 Å². The van der Waals surface area contributed by atoms with Gasteiger partial charge in [0.05, 0.1) is 17.1 Å². The van der Waals surface area contributed by atoms with Gasteiger partial charge in [0, 0.05) is 8.96 Å². The molecule has 0 saturated carbocycles. The third-order valence-corrected chi connectivity index (χ3v) is 5.31. The van der Waals surface area contributed by atoms with Gasteiger partial charge in [-0.15, -0.1) is 0 Å². The first-order valence-corrected chi connectivity index (χ1v) is 10.1. The Balaban J connectivity index is 1.74. The maximum Gasteiger partial charge on any atom is 0.282 e. The van der Waals surface area contributed by atoms with Crippen LogP contribution >= 0.6 is 22.6 Å². The second-order valence-electron chi connectivity index (χ2n) is 6.51. The van der Waals surface area contributed by atoms with E-state index in [0.29, 0.717) is 22.5 Å². The van der Waals surface area contributed by atoms with E-state index in [1.165, 1.54) is 4.68 Å². The number of furan rings is 1. The molecular formula is C23H14IN3O2. The van der Waals surface area contributed by atoms with Crippen molar-refractivity contribution in [3.8, 4) is 11.6 Å². The fourth-order valence-electron chi connectivity index (χ4n) is 3.16. The van der Waals surface area contributed by atoms with Gasteiger partial charge in [0.1, 0.15) is 5.58 Å². The summed E-state index contributed by atoms with van der Waals surface area (Å²) in [5.74, 6) is 0.862. The van der Waals surface area contributed by atoms with Crippen LogP contribution in [0.15, 0.2) is 93.2 Å². The van der Waals surface area contributed by atoms with Crippen LogP contribution in [0.1, 0.15) is 5.56 Å². The smallest absolute Gasteiger partial charge is 0.282 e. The van der Waals surface area contributed by atoms with E-state index in [1.807, 2.05) is 72.8 Å². The largest absolute Gasteiger partial charge is 0.453 e. The number of halogens is 1. The summed E-state index contributed by atoms with van der Waals surface area (Å²) in [7, 11) is 0. The van der Waals surface area contributed by atoms with Crippen molar-refractivity contribution in [3.05, 3.63) is 98.4 Å². The summed E-state index contributed by atoms with van der Waals surface area (Å²) >= 11 is 2.25. The molecule has 0 aliphatic carbocycles. The first kappa shape index (κ1) is 17.8. The lowest BCUT2D eigenvalue weighted by molar-refractivity contribution is 0.616. The van der Waals surface area contributed by atoms with Crippen LogP contribution < -0.4 is 5.56 Å². The summed E-state index contributed by atoms with van der Waals surface area (Å²) in [6.07, 6.45) is 1.65. The predicted molar refractivity (Wildman–Crippen MR) is 123 cm³/mol. The molecule has 0 atom stereocenters. The van der Waals surface area contributed by atoms with Gasteiger partial charge >= 0.3 is 0 Å². The second-order valence-corrected chi connectivity index (χ2v) is 7.76. The lowest BCUT2D eigenvalue weighted by Crippen LogP contribution is -2.20. The van der Waals surface area contributed by atoms with Crippen molar-refractivity contribution in [1.29, 1.82) is 0 Å². The Bertz CT molecular complexity index is 1400. The van der Waals surface area contributed by atoms with E-state index < -0.39 is 0 Å². The Hall–Kier alpha value is -3.26. The summed E-state index contributed by atoms with van der Waals surface area (Å²) in [5.41, 5.74) is 1.99. The minimum atomic E-state index is -0.243. The Kier molecular flexibility index (Phi) is 4.48. The summed E-state index contributed by atoms with van der Waals surface area (Å²) in [4.78, 5) is 17.9. The fraction of sp³-hybridized carbons (Fsp3) is 0.